The molecule has 0 aliphatic heterocycles. The van der Waals surface area contributed by atoms with Crippen molar-refractivity contribution in [3.8, 4) is 0 Å². The molecule has 0 aromatic heterocycles. The first-order valence-electron chi connectivity index (χ1n) is 9.07. The molecule has 7 bridgehead atoms. The van der Waals surface area contributed by atoms with Crippen LogP contribution in [0.1, 0.15) is 52.9 Å². The molecule has 8 rings (SSSR count). The van der Waals surface area contributed by atoms with Gasteiger partial charge in [-0.1, -0.05) is 20.8 Å². The van der Waals surface area contributed by atoms with Crippen molar-refractivity contribution in [3.63, 3.8) is 0 Å². The van der Waals surface area contributed by atoms with Crippen molar-refractivity contribution in [1.29, 1.82) is 0 Å². The standard InChI is InChI=1S/C19H28/c1-9-4-11-7-19-8-14-10(2)18(3)15(17(11)19)5-12(9)13(14)6-16(18)19/h9-17H,4-8H2,1-3H3. The Morgan fingerprint density at radius 1 is 0.895 bits per heavy atom. The third-order valence-electron chi connectivity index (χ3n) is 10.3. The third kappa shape index (κ3) is 0.798. The summed E-state index contributed by atoms with van der Waals surface area (Å²) in [6, 6.07) is 0. The Labute approximate surface area is 117 Å². The largest absolute Gasteiger partial charge is 0.0622 e. The molecule has 0 aromatic rings. The van der Waals surface area contributed by atoms with Crippen molar-refractivity contribution >= 4 is 0 Å². The molecule has 0 heterocycles. The zero-order valence-electron chi connectivity index (χ0n) is 12.7. The van der Waals surface area contributed by atoms with Gasteiger partial charge < -0.3 is 0 Å². The molecule has 8 saturated carbocycles. The van der Waals surface area contributed by atoms with Crippen molar-refractivity contribution in [2.75, 3.05) is 0 Å². The number of hydrogen-bond acceptors (Lipinski definition) is 0. The van der Waals surface area contributed by atoms with E-state index < -0.39 is 0 Å². The minimum atomic E-state index is 0.762. The topological polar surface area (TPSA) is 0 Å². The zero-order chi connectivity index (χ0) is 12.7. The van der Waals surface area contributed by atoms with Crippen LogP contribution in [0.3, 0.4) is 0 Å². The monoisotopic (exact) mass is 256 g/mol. The lowest BCUT2D eigenvalue weighted by atomic mass is 9.39. The minimum Gasteiger partial charge on any atom is -0.0622 e. The van der Waals surface area contributed by atoms with Crippen molar-refractivity contribution in [2.24, 2.45) is 64.1 Å². The van der Waals surface area contributed by atoms with Crippen molar-refractivity contribution in [2.45, 2.75) is 52.9 Å². The Hall–Kier alpha value is 0. The summed E-state index contributed by atoms with van der Waals surface area (Å²) in [7, 11) is 0. The minimum absolute atomic E-state index is 0.762. The molecule has 0 amide bonds. The van der Waals surface area contributed by atoms with E-state index in [-0.39, 0.29) is 0 Å². The third-order valence-corrected chi connectivity index (χ3v) is 10.3. The molecule has 19 heavy (non-hydrogen) atoms. The van der Waals surface area contributed by atoms with Gasteiger partial charge in [0.05, 0.1) is 0 Å². The van der Waals surface area contributed by atoms with Crippen LogP contribution in [0, 0.1) is 64.1 Å². The molecule has 104 valence electrons. The van der Waals surface area contributed by atoms with E-state index in [9.17, 15) is 0 Å². The maximum Gasteiger partial charge on any atom is -0.0224 e. The van der Waals surface area contributed by atoms with Gasteiger partial charge in [-0.2, -0.15) is 0 Å². The lowest BCUT2D eigenvalue weighted by Gasteiger charge is -2.65. The normalized spacial score (nSPS) is 78.2. The van der Waals surface area contributed by atoms with Gasteiger partial charge in [0.1, 0.15) is 0 Å². The maximum absolute atomic E-state index is 2.75. The van der Waals surface area contributed by atoms with Gasteiger partial charge in [0.2, 0.25) is 0 Å². The maximum atomic E-state index is 2.75. The summed E-state index contributed by atoms with van der Waals surface area (Å²) < 4.78 is 0. The molecule has 1 spiro atoms. The van der Waals surface area contributed by atoms with Crippen LogP contribution in [-0.4, -0.2) is 0 Å². The van der Waals surface area contributed by atoms with Crippen LogP contribution in [0.15, 0.2) is 0 Å². The van der Waals surface area contributed by atoms with Crippen LogP contribution in [0.5, 0.6) is 0 Å². The van der Waals surface area contributed by atoms with Gasteiger partial charge in [0, 0.05) is 0 Å². The van der Waals surface area contributed by atoms with Crippen molar-refractivity contribution in [3.05, 3.63) is 0 Å². The van der Waals surface area contributed by atoms with Crippen LogP contribution >= 0.6 is 0 Å². The molecule has 0 N–H and O–H groups in total. The first-order valence-corrected chi connectivity index (χ1v) is 9.07. The Morgan fingerprint density at radius 3 is 2.58 bits per heavy atom. The summed E-state index contributed by atoms with van der Waals surface area (Å²) in [6.45, 7) is 8.04. The highest BCUT2D eigenvalue weighted by atomic mass is 14.9. The molecule has 0 saturated heterocycles. The molecule has 11 atom stereocenters. The molecule has 0 heteroatoms. The van der Waals surface area contributed by atoms with E-state index in [2.05, 4.69) is 20.8 Å². The Morgan fingerprint density at radius 2 is 1.74 bits per heavy atom. The summed E-state index contributed by atoms with van der Waals surface area (Å²) in [5, 5.41) is 0. The number of hydrogen-bond donors (Lipinski definition) is 0. The van der Waals surface area contributed by atoms with Crippen molar-refractivity contribution < 1.29 is 0 Å². The second-order valence-electron chi connectivity index (χ2n) is 9.92. The lowest BCUT2D eigenvalue weighted by Crippen LogP contribution is -2.59. The predicted molar refractivity (Wildman–Crippen MR) is 76.4 cm³/mol. The summed E-state index contributed by atoms with van der Waals surface area (Å²) >= 11 is 0. The van der Waals surface area contributed by atoms with Gasteiger partial charge in [0.15, 0.2) is 0 Å². The Balaban J connectivity index is 1.68. The van der Waals surface area contributed by atoms with Crippen LogP contribution in [0.2, 0.25) is 0 Å². The highest BCUT2D eigenvalue weighted by Gasteiger charge is 2.81. The van der Waals surface area contributed by atoms with Gasteiger partial charge in [-0.05, 0) is 96.2 Å². The summed E-state index contributed by atoms with van der Waals surface area (Å²) in [5.41, 5.74) is 1.64. The first-order chi connectivity index (χ1) is 9.07. The van der Waals surface area contributed by atoms with E-state index in [1.807, 2.05) is 0 Å². The molecular weight excluding hydrogens is 228 g/mol. The zero-order valence-corrected chi connectivity index (χ0v) is 12.7. The van der Waals surface area contributed by atoms with Crippen LogP contribution < -0.4 is 0 Å². The van der Waals surface area contributed by atoms with Crippen molar-refractivity contribution in [1.82, 2.24) is 0 Å². The molecular formula is C19H28. The van der Waals surface area contributed by atoms with E-state index >= 15 is 0 Å². The quantitative estimate of drug-likeness (QED) is 0.594. The first kappa shape index (κ1) is 10.7. The molecule has 0 aromatic carbocycles. The fourth-order valence-corrected chi connectivity index (χ4v) is 9.88. The summed E-state index contributed by atoms with van der Waals surface area (Å²) in [4.78, 5) is 0. The molecule has 8 aliphatic carbocycles. The van der Waals surface area contributed by atoms with E-state index in [0.717, 1.165) is 58.2 Å². The van der Waals surface area contributed by atoms with Crippen LogP contribution in [0.4, 0.5) is 0 Å². The fraction of sp³-hybridized carbons (Fsp3) is 1.00. The highest BCUT2D eigenvalue weighted by Crippen LogP contribution is 2.87. The number of rotatable bonds is 0. The lowest BCUT2D eigenvalue weighted by molar-refractivity contribution is -0.170. The molecule has 8 fully saturated rings. The van der Waals surface area contributed by atoms with Gasteiger partial charge >= 0.3 is 0 Å². The molecule has 0 radical (unpaired) electrons. The second kappa shape index (κ2) is 2.69. The molecule has 8 aliphatic rings. The van der Waals surface area contributed by atoms with E-state index in [4.69, 9.17) is 0 Å². The SMILES string of the molecule is CC1CC2CC34CC5C6CC3C(C)(C5C)C(CC16)C24. The Bertz CT molecular complexity index is 480. The van der Waals surface area contributed by atoms with Gasteiger partial charge in [-0.3, -0.25) is 0 Å². The van der Waals surface area contributed by atoms with E-state index in [1.54, 1.807) is 32.1 Å². The van der Waals surface area contributed by atoms with Gasteiger partial charge in [-0.15, -0.1) is 0 Å². The average Bonchev–Trinajstić information content (AvgIpc) is 2.43. The fourth-order valence-electron chi connectivity index (χ4n) is 9.88. The van der Waals surface area contributed by atoms with E-state index in [0.29, 0.717) is 0 Å². The van der Waals surface area contributed by atoms with Gasteiger partial charge in [0.25, 0.3) is 0 Å². The summed E-state index contributed by atoms with van der Waals surface area (Å²) in [6.07, 6.45) is 8.22. The van der Waals surface area contributed by atoms with Crippen LogP contribution in [0.25, 0.3) is 0 Å². The second-order valence-corrected chi connectivity index (χ2v) is 9.92. The Kier molecular flexibility index (Phi) is 1.51. The predicted octanol–water partition coefficient (Wildman–Crippen LogP) is 4.60. The summed E-state index contributed by atoms with van der Waals surface area (Å²) in [5.74, 6) is 10.1. The molecule has 11 unspecified atom stereocenters. The molecule has 0 nitrogen and oxygen atoms in total. The van der Waals surface area contributed by atoms with E-state index in [1.165, 1.54) is 5.92 Å². The van der Waals surface area contributed by atoms with Crippen LogP contribution in [-0.2, 0) is 0 Å². The average molecular weight is 256 g/mol. The smallest absolute Gasteiger partial charge is 0.0224 e. The highest BCUT2D eigenvalue weighted by molar-refractivity contribution is 5.29. The van der Waals surface area contributed by atoms with Gasteiger partial charge in [-0.25, -0.2) is 0 Å².